The van der Waals surface area contributed by atoms with Crippen LogP contribution < -0.4 is 10.1 Å². The van der Waals surface area contributed by atoms with Crippen molar-refractivity contribution < 1.29 is 14.6 Å². The Morgan fingerprint density at radius 1 is 1.16 bits per heavy atom. The molecule has 5 heteroatoms. The van der Waals surface area contributed by atoms with Crippen molar-refractivity contribution in [2.75, 3.05) is 5.32 Å². The highest BCUT2D eigenvalue weighted by atomic mass is 16.5. The molecule has 3 aromatic rings. The van der Waals surface area contributed by atoms with Crippen molar-refractivity contribution in [3.05, 3.63) is 60.2 Å². The van der Waals surface area contributed by atoms with Crippen LogP contribution in [0.4, 0.5) is 11.4 Å². The summed E-state index contributed by atoms with van der Waals surface area (Å²) in [7, 11) is 0. The second-order valence-electron chi connectivity index (χ2n) is 5.91. The van der Waals surface area contributed by atoms with Gasteiger partial charge in [-0.15, -0.1) is 0 Å². The van der Waals surface area contributed by atoms with E-state index in [9.17, 15) is 9.90 Å². The molecule has 0 radical (unpaired) electrons. The van der Waals surface area contributed by atoms with Crippen LogP contribution in [0, 0.1) is 0 Å². The number of hydrogen-bond donors (Lipinski definition) is 2. The van der Waals surface area contributed by atoms with E-state index in [2.05, 4.69) is 10.3 Å². The molecule has 0 bridgehead atoms. The summed E-state index contributed by atoms with van der Waals surface area (Å²) in [6.45, 7) is 1.70. The molecule has 1 aliphatic heterocycles. The lowest BCUT2D eigenvalue weighted by molar-refractivity contribution is -0.122. The first kappa shape index (κ1) is 15.2. The van der Waals surface area contributed by atoms with Gasteiger partial charge in [0.2, 0.25) is 0 Å². The summed E-state index contributed by atoms with van der Waals surface area (Å²) in [5.41, 5.74) is 1.91. The summed E-state index contributed by atoms with van der Waals surface area (Å²) < 4.78 is 5.53. The van der Waals surface area contributed by atoms with Gasteiger partial charge >= 0.3 is 0 Å². The fourth-order valence-corrected chi connectivity index (χ4v) is 2.84. The SMILES string of the molecule is C[C@@H]1Oc2ccc(N=Cc3c(O)ccc4ccccc34)cc2NC1=O. The Morgan fingerprint density at radius 2 is 2.00 bits per heavy atom. The Kier molecular flexibility index (Phi) is 3.61. The zero-order valence-electron chi connectivity index (χ0n) is 13.6. The molecule has 4 rings (SSSR count). The van der Waals surface area contributed by atoms with E-state index in [0.717, 1.165) is 10.8 Å². The number of fused-ring (bicyclic) bond motifs is 2. The van der Waals surface area contributed by atoms with Crippen LogP contribution in [-0.2, 0) is 4.79 Å². The third-order valence-electron chi connectivity index (χ3n) is 4.18. The summed E-state index contributed by atoms with van der Waals surface area (Å²) in [6.07, 6.45) is 1.13. The summed E-state index contributed by atoms with van der Waals surface area (Å²) >= 11 is 0. The zero-order chi connectivity index (χ0) is 17.4. The van der Waals surface area contributed by atoms with Crippen LogP contribution in [0.15, 0.2) is 59.6 Å². The minimum absolute atomic E-state index is 0.172. The molecule has 5 nitrogen and oxygen atoms in total. The lowest BCUT2D eigenvalue weighted by Crippen LogP contribution is -2.34. The summed E-state index contributed by atoms with van der Waals surface area (Å²) in [6, 6.07) is 16.7. The van der Waals surface area contributed by atoms with Gasteiger partial charge in [-0.05, 0) is 42.0 Å². The molecule has 0 spiro atoms. The van der Waals surface area contributed by atoms with Crippen LogP contribution in [0.1, 0.15) is 12.5 Å². The maximum atomic E-state index is 11.7. The molecule has 0 aromatic heterocycles. The van der Waals surface area contributed by atoms with E-state index in [1.807, 2.05) is 36.4 Å². The molecule has 0 fully saturated rings. The molecule has 0 saturated heterocycles. The predicted molar refractivity (Wildman–Crippen MR) is 98.0 cm³/mol. The lowest BCUT2D eigenvalue weighted by atomic mass is 10.0. The Bertz CT molecular complexity index is 1010. The molecule has 25 heavy (non-hydrogen) atoms. The molecule has 1 aliphatic rings. The highest BCUT2D eigenvalue weighted by Gasteiger charge is 2.23. The number of carbonyl (C=O) groups is 1. The predicted octanol–water partition coefficient (Wildman–Crippen LogP) is 4.02. The number of nitrogens with one attached hydrogen (secondary N) is 1. The number of amides is 1. The van der Waals surface area contributed by atoms with E-state index in [1.165, 1.54) is 0 Å². The minimum atomic E-state index is -0.505. The van der Waals surface area contributed by atoms with Gasteiger partial charge in [0.15, 0.2) is 6.10 Å². The average molecular weight is 332 g/mol. The number of benzene rings is 3. The van der Waals surface area contributed by atoms with Gasteiger partial charge in [0.1, 0.15) is 11.5 Å². The number of phenols is 1. The fraction of sp³-hybridized carbons (Fsp3) is 0.100. The van der Waals surface area contributed by atoms with Crippen molar-refractivity contribution in [2.45, 2.75) is 13.0 Å². The molecule has 124 valence electrons. The summed E-state index contributed by atoms with van der Waals surface area (Å²) in [5, 5.41) is 14.9. The monoisotopic (exact) mass is 332 g/mol. The third-order valence-corrected chi connectivity index (χ3v) is 4.18. The maximum Gasteiger partial charge on any atom is 0.265 e. The number of phenolic OH excluding ortho intramolecular Hbond substituents is 1. The van der Waals surface area contributed by atoms with Crippen LogP contribution in [0.2, 0.25) is 0 Å². The summed E-state index contributed by atoms with van der Waals surface area (Å²) in [4.78, 5) is 16.2. The van der Waals surface area contributed by atoms with Crippen molar-refractivity contribution in [2.24, 2.45) is 4.99 Å². The first-order chi connectivity index (χ1) is 12.1. The van der Waals surface area contributed by atoms with Gasteiger partial charge < -0.3 is 15.2 Å². The van der Waals surface area contributed by atoms with E-state index >= 15 is 0 Å². The number of carbonyl (C=O) groups excluding carboxylic acids is 1. The molecule has 0 saturated carbocycles. The number of anilines is 1. The van der Waals surface area contributed by atoms with Crippen LogP contribution in [0.25, 0.3) is 10.8 Å². The van der Waals surface area contributed by atoms with E-state index in [-0.39, 0.29) is 11.7 Å². The Balaban J connectivity index is 1.71. The van der Waals surface area contributed by atoms with Crippen molar-refractivity contribution in [1.29, 1.82) is 0 Å². The van der Waals surface area contributed by atoms with Gasteiger partial charge in [-0.1, -0.05) is 30.3 Å². The average Bonchev–Trinajstić information content (AvgIpc) is 2.62. The number of hydrogen-bond acceptors (Lipinski definition) is 4. The highest BCUT2D eigenvalue weighted by molar-refractivity contribution is 6.03. The molecule has 0 aliphatic carbocycles. The van der Waals surface area contributed by atoms with E-state index in [4.69, 9.17) is 4.74 Å². The Labute approximate surface area is 144 Å². The quantitative estimate of drug-likeness (QED) is 0.696. The fourth-order valence-electron chi connectivity index (χ4n) is 2.84. The molecule has 0 unspecified atom stereocenters. The van der Waals surface area contributed by atoms with Gasteiger partial charge in [-0.25, -0.2) is 0 Å². The number of ether oxygens (including phenoxy) is 1. The van der Waals surface area contributed by atoms with Crippen molar-refractivity contribution in [1.82, 2.24) is 0 Å². The zero-order valence-corrected chi connectivity index (χ0v) is 13.6. The normalized spacial score (nSPS) is 16.5. The minimum Gasteiger partial charge on any atom is -0.507 e. The summed E-state index contributed by atoms with van der Waals surface area (Å²) in [5.74, 6) is 0.616. The first-order valence-corrected chi connectivity index (χ1v) is 7.98. The standard InChI is InChI=1S/C20H16N2O3/c1-12-20(24)22-17-10-14(7-9-19(17)25-12)21-11-16-15-5-3-2-4-13(15)6-8-18(16)23/h2-12,23H,1H3,(H,22,24)/t12-/m0/s1. The smallest absolute Gasteiger partial charge is 0.265 e. The molecule has 2 N–H and O–H groups in total. The van der Waals surface area contributed by atoms with Gasteiger partial charge in [0.25, 0.3) is 5.91 Å². The third kappa shape index (κ3) is 2.80. The van der Waals surface area contributed by atoms with Gasteiger partial charge in [0.05, 0.1) is 11.4 Å². The molecular formula is C20H16N2O3. The largest absolute Gasteiger partial charge is 0.507 e. The topological polar surface area (TPSA) is 70.9 Å². The number of rotatable bonds is 2. The number of nitrogens with zero attached hydrogens (tertiary/aromatic N) is 1. The van der Waals surface area contributed by atoms with Crippen LogP contribution in [0.5, 0.6) is 11.5 Å². The van der Waals surface area contributed by atoms with Gasteiger partial charge in [-0.3, -0.25) is 9.79 Å². The highest BCUT2D eigenvalue weighted by Crippen LogP contribution is 2.33. The number of aliphatic imine (C=N–C) groups is 1. The van der Waals surface area contributed by atoms with Crippen molar-refractivity contribution >= 4 is 34.3 Å². The molecule has 1 heterocycles. The second-order valence-corrected chi connectivity index (χ2v) is 5.91. The van der Waals surface area contributed by atoms with E-state index in [1.54, 1.807) is 31.3 Å². The van der Waals surface area contributed by atoms with Crippen LogP contribution in [0.3, 0.4) is 0 Å². The maximum absolute atomic E-state index is 11.7. The Hall–Kier alpha value is -3.34. The molecule has 3 aromatic carbocycles. The Morgan fingerprint density at radius 3 is 2.88 bits per heavy atom. The van der Waals surface area contributed by atoms with Gasteiger partial charge in [-0.2, -0.15) is 0 Å². The van der Waals surface area contributed by atoms with Crippen molar-refractivity contribution in [3.8, 4) is 11.5 Å². The van der Waals surface area contributed by atoms with E-state index < -0.39 is 6.10 Å². The van der Waals surface area contributed by atoms with Gasteiger partial charge in [0, 0.05) is 11.8 Å². The molecule has 1 amide bonds. The first-order valence-electron chi connectivity index (χ1n) is 7.98. The van der Waals surface area contributed by atoms with Crippen molar-refractivity contribution in [3.63, 3.8) is 0 Å². The number of aromatic hydroxyl groups is 1. The lowest BCUT2D eigenvalue weighted by Gasteiger charge is -2.23. The second kappa shape index (κ2) is 5.94. The van der Waals surface area contributed by atoms with E-state index in [0.29, 0.717) is 22.7 Å². The van der Waals surface area contributed by atoms with Crippen LogP contribution in [-0.4, -0.2) is 23.3 Å². The molecular weight excluding hydrogens is 316 g/mol. The molecule has 1 atom stereocenters. The van der Waals surface area contributed by atoms with Crippen LogP contribution >= 0.6 is 0 Å².